The Labute approximate surface area is 201 Å². The lowest BCUT2D eigenvalue weighted by Crippen LogP contribution is -2.33. The number of carbonyl (C=O) groups excluding carboxylic acids is 1. The molecule has 0 aliphatic heterocycles. The lowest BCUT2D eigenvalue weighted by molar-refractivity contribution is 0.0982. The number of aryl methyl sites for hydroxylation is 1. The van der Waals surface area contributed by atoms with Crippen LogP contribution in [-0.2, 0) is 6.42 Å². The van der Waals surface area contributed by atoms with E-state index in [1.165, 1.54) is 16.9 Å². The van der Waals surface area contributed by atoms with E-state index in [0.29, 0.717) is 16.5 Å². The van der Waals surface area contributed by atoms with Gasteiger partial charge in [0.2, 0.25) is 0 Å². The van der Waals surface area contributed by atoms with Crippen LogP contribution in [0.4, 0.5) is 5.69 Å². The van der Waals surface area contributed by atoms with E-state index in [-0.39, 0.29) is 11.0 Å². The van der Waals surface area contributed by atoms with E-state index in [1.54, 1.807) is 0 Å². The first kappa shape index (κ1) is 22.3. The van der Waals surface area contributed by atoms with Gasteiger partial charge in [0.1, 0.15) is 10.6 Å². The summed E-state index contributed by atoms with van der Waals surface area (Å²) in [6, 6.07) is 23.5. The molecule has 7 heteroatoms. The predicted molar refractivity (Wildman–Crippen MR) is 137 cm³/mol. The minimum absolute atomic E-state index is 0.196. The Kier molecular flexibility index (Phi) is 7.05. The fourth-order valence-electron chi connectivity index (χ4n) is 3.34. The number of anilines is 1. The Hall–Kier alpha value is -2.93. The molecule has 1 aromatic heterocycles. The van der Waals surface area contributed by atoms with Gasteiger partial charge in [0.05, 0.1) is 11.6 Å². The third-order valence-corrected chi connectivity index (χ3v) is 6.74. The second-order valence-electron chi connectivity index (χ2n) is 7.21. The third-order valence-electron chi connectivity index (χ3n) is 4.89. The average molecular weight is 481 g/mol. The molecule has 0 bridgehead atoms. The van der Waals surface area contributed by atoms with Crippen molar-refractivity contribution in [1.82, 2.24) is 5.32 Å². The van der Waals surface area contributed by atoms with Crippen LogP contribution in [0.1, 0.15) is 20.8 Å². The van der Waals surface area contributed by atoms with Crippen LogP contribution in [0.25, 0.3) is 10.1 Å². The molecule has 0 spiro atoms. The number of hydrogen-bond acceptors (Lipinski definition) is 4. The van der Waals surface area contributed by atoms with Crippen molar-refractivity contribution >= 4 is 61.9 Å². The molecule has 2 N–H and O–H groups in total. The Morgan fingerprint density at radius 3 is 2.62 bits per heavy atom. The van der Waals surface area contributed by atoms with Gasteiger partial charge in [-0.15, -0.1) is 11.3 Å². The zero-order valence-corrected chi connectivity index (χ0v) is 19.7. The largest absolute Gasteiger partial charge is 0.493 e. The SMILES string of the molecule is Cc1cccc2sc(C(=O)NC(=S)Nc3cccc(OCCc4ccccc4)c3)c(Cl)c12. The van der Waals surface area contributed by atoms with Crippen molar-refractivity contribution in [3.05, 3.63) is 93.8 Å². The number of hydrogen-bond donors (Lipinski definition) is 2. The van der Waals surface area contributed by atoms with Gasteiger partial charge in [-0.05, 0) is 48.5 Å². The fraction of sp³-hybridized carbons (Fsp3) is 0.120. The zero-order chi connectivity index (χ0) is 22.5. The van der Waals surface area contributed by atoms with Gasteiger partial charge in [-0.25, -0.2) is 0 Å². The van der Waals surface area contributed by atoms with Crippen molar-refractivity contribution in [1.29, 1.82) is 0 Å². The normalized spacial score (nSPS) is 10.7. The third kappa shape index (κ3) is 5.27. The fourth-order valence-corrected chi connectivity index (χ4v) is 5.12. The number of benzene rings is 3. The van der Waals surface area contributed by atoms with E-state index in [2.05, 4.69) is 22.8 Å². The van der Waals surface area contributed by atoms with E-state index in [1.807, 2.05) is 67.6 Å². The number of amides is 1. The predicted octanol–water partition coefficient (Wildman–Crippen LogP) is 6.61. The van der Waals surface area contributed by atoms with Crippen molar-refractivity contribution in [3.8, 4) is 5.75 Å². The highest BCUT2D eigenvalue weighted by Gasteiger charge is 2.19. The Bertz CT molecular complexity index is 1270. The maximum atomic E-state index is 12.8. The Morgan fingerprint density at radius 1 is 1.06 bits per heavy atom. The molecule has 162 valence electrons. The summed E-state index contributed by atoms with van der Waals surface area (Å²) in [6.07, 6.45) is 0.822. The van der Waals surface area contributed by atoms with Gasteiger partial charge in [-0.1, -0.05) is 60.1 Å². The molecule has 4 rings (SSSR count). The number of ether oxygens (including phenoxy) is 1. The maximum absolute atomic E-state index is 12.8. The van der Waals surface area contributed by atoms with Crippen LogP contribution in [0.15, 0.2) is 72.8 Å². The number of halogens is 1. The van der Waals surface area contributed by atoms with E-state index in [4.69, 9.17) is 28.6 Å². The number of carbonyl (C=O) groups is 1. The van der Waals surface area contributed by atoms with Gasteiger partial charge in [0.25, 0.3) is 5.91 Å². The van der Waals surface area contributed by atoms with Crippen LogP contribution < -0.4 is 15.4 Å². The second kappa shape index (κ2) is 10.1. The summed E-state index contributed by atoms with van der Waals surface area (Å²) in [5.41, 5.74) is 2.99. The van der Waals surface area contributed by atoms with Crippen LogP contribution in [0, 0.1) is 6.92 Å². The number of nitrogens with one attached hydrogen (secondary N) is 2. The van der Waals surface area contributed by atoms with Crippen LogP contribution in [0.5, 0.6) is 5.75 Å². The molecule has 0 atom stereocenters. The number of thiocarbonyl (C=S) groups is 1. The van der Waals surface area contributed by atoms with E-state index in [0.717, 1.165) is 33.5 Å². The van der Waals surface area contributed by atoms with Crippen LogP contribution in [-0.4, -0.2) is 17.6 Å². The first-order valence-corrected chi connectivity index (χ1v) is 11.7. The van der Waals surface area contributed by atoms with Gasteiger partial charge in [-0.2, -0.15) is 0 Å². The molecule has 0 fully saturated rings. The Morgan fingerprint density at radius 2 is 1.84 bits per heavy atom. The molecule has 3 aromatic carbocycles. The smallest absolute Gasteiger partial charge is 0.269 e. The highest BCUT2D eigenvalue weighted by atomic mass is 35.5. The summed E-state index contributed by atoms with van der Waals surface area (Å²) in [5.74, 6) is 0.395. The van der Waals surface area contributed by atoms with Crippen molar-refractivity contribution in [2.24, 2.45) is 0 Å². The standard InChI is InChI=1S/C25H21ClN2O2S2/c1-16-7-5-12-20-21(16)22(26)23(32-20)24(29)28-25(31)27-18-10-6-11-19(15-18)30-14-13-17-8-3-2-4-9-17/h2-12,15H,13-14H2,1H3,(H2,27,28,29,31). The first-order chi connectivity index (χ1) is 15.5. The summed E-state index contributed by atoms with van der Waals surface area (Å²) < 4.78 is 6.83. The van der Waals surface area contributed by atoms with Gasteiger partial charge in [-0.3, -0.25) is 10.1 Å². The second-order valence-corrected chi connectivity index (χ2v) is 9.05. The number of rotatable bonds is 6. The molecule has 0 radical (unpaired) electrons. The lowest BCUT2D eigenvalue weighted by Gasteiger charge is -2.11. The quantitative estimate of drug-likeness (QED) is 0.305. The van der Waals surface area contributed by atoms with Gasteiger partial charge in [0, 0.05) is 28.3 Å². The summed E-state index contributed by atoms with van der Waals surface area (Å²) in [4.78, 5) is 13.2. The van der Waals surface area contributed by atoms with Gasteiger partial charge < -0.3 is 10.1 Å². The highest BCUT2D eigenvalue weighted by Crippen LogP contribution is 2.37. The first-order valence-electron chi connectivity index (χ1n) is 10.1. The highest BCUT2D eigenvalue weighted by molar-refractivity contribution is 7.80. The average Bonchev–Trinajstić information content (AvgIpc) is 3.12. The monoisotopic (exact) mass is 480 g/mol. The molecule has 4 nitrogen and oxygen atoms in total. The maximum Gasteiger partial charge on any atom is 0.269 e. The molecule has 4 aromatic rings. The summed E-state index contributed by atoms with van der Waals surface area (Å²) >= 11 is 13.2. The van der Waals surface area contributed by atoms with Crippen molar-refractivity contribution < 1.29 is 9.53 Å². The van der Waals surface area contributed by atoms with Gasteiger partial charge in [0.15, 0.2) is 5.11 Å². The van der Waals surface area contributed by atoms with Gasteiger partial charge >= 0.3 is 0 Å². The van der Waals surface area contributed by atoms with Crippen molar-refractivity contribution in [2.45, 2.75) is 13.3 Å². The summed E-state index contributed by atoms with van der Waals surface area (Å²) in [7, 11) is 0. The molecule has 0 aliphatic rings. The molecule has 0 unspecified atom stereocenters. The van der Waals surface area contributed by atoms with Crippen molar-refractivity contribution in [3.63, 3.8) is 0 Å². The number of fused-ring (bicyclic) bond motifs is 1. The Balaban J connectivity index is 1.36. The topological polar surface area (TPSA) is 50.4 Å². The molecule has 1 amide bonds. The van der Waals surface area contributed by atoms with E-state index < -0.39 is 0 Å². The molecule has 32 heavy (non-hydrogen) atoms. The molecular weight excluding hydrogens is 460 g/mol. The van der Waals surface area contributed by atoms with E-state index in [9.17, 15) is 4.79 Å². The van der Waals surface area contributed by atoms with E-state index >= 15 is 0 Å². The molecule has 0 saturated heterocycles. The van der Waals surface area contributed by atoms with Crippen LogP contribution in [0.2, 0.25) is 5.02 Å². The zero-order valence-electron chi connectivity index (χ0n) is 17.4. The molecular formula is C25H21ClN2O2S2. The minimum atomic E-state index is -0.330. The lowest BCUT2D eigenvalue weighted by atomic mass is 10.1. The molecule has 1 heterocycles. The van der Waals surface area contributed by atoms with Crippen molar-refractivity contribution in [2.75, 3.05) is 11.9 Å². The van der Waals surface area contributed by atoms with Crippen LogP contribution >= 0.6 is 35.2 Å². The van der Waals surface area contributed by atoms with Crippen LogP contribution in [0.3, 0.4) is 0 Å². The minimum Gasteiger partial charge on any atom is -0.493 e. The summed E-state index contributed by atoms with van der Waals surface area (Å²) in [5, 5.41) is 7.31. The summed E-state index contributed by atoms with van der Waals surface area (Å²) in [6.45, 7) is 2.54. The number of thiophene rings is 1. The molecule has 0 aliphatic carbocycles. The molecule has 0 saturated carbocycles.